The van der Waals surface area contributed by atoms with Crippen LogP contribution in [0.4, 0.5) is 0 Å². The van der Waals surface area contributed by atoms with E-state index in [2.05, 4.69) is 12.2 Å². The first kappa shape index (κ1) is 13.0. The van der Waals surface area contributed by atoms with Gasteiger partial charge >= 0.3 is 0 Å². The van der Waals surface area contributed by atoms with Gasteiger partial charge in [0.25, 0.3) is 0 Å². The van der Waals surface area contributed by atoms with Gasteiger partial charge in [0.15, 0.2) is 0 Å². The van der Waals surface area contributed by atoms with Crippen LogP contribution in [0.2, 0.25) is 0 Å². The van der Waals surface area contributed by atoms with Crippen LogP contribution >= 0.6 is 0 Å². The third-order valence-electron chi connectivity index (χ3n) is 3.05. The third kappa shape index (κ3) is 3.51. The first-order valence-electron chi connectivity index (χ1n) is 6.24. The molecule has 0 bridgehead atoms. The van der Waals surface area contributed by atoms with Gasteiger partial charge in [-0.15, -0.1) is 0 Å². The Labute approximate surface area is 97.4 Å². The molecule has 0 radical (unpaired) electrons. The number of nitrogens with one attached hydrogen (secondary N) is 1. The van der Waals surface area contributed by atoms with E-state index in [9.17, 15) is 9.59 Å². The first-order valence-corrected chi connectivity index (χ1v) is 6.24. The lowest BCUT2D eigenvalue weighted by molar-refractivity contribution is -0.128. The van der Waals surface area contributed by atoms with Crippen molar-refractivity contribution < 1.29 is 9.59 Å². The Kier molecular flexibility index (Phi) is 5.29. The van der Waals surface area contributed by atoms with Crippen LogP contribution in [0.3, 0.4) is 0 Å². The third-order valence-corrected chi connectivity index (χ3v) is 3.05. The zero-order valence-corrected chi connectivity index (χ0v) is 10.3. The van der Waals surface area contributed by atoms with Crippen molar-refractivity contribution in [3.05, 3.63) is 0 Å². The number of carbonyl (C=O) groups excluding carboxylic acids is 2. The SMILES string of the molecule is CCCCCNC(=O)C1CC(=O)N(CC)C1. The highest BCUT2D eigenvalue weighted by molar-refractivity contribution is 5.89. The fourth-order valence-electron chi connectivity index (χ4n) is 1.98. The minimum atomic E-state index is -0.130. The summed E-state index contributed by atoms with van der Waals surface area (Å²) in [5, 5.41) is 2.91. The fraction of sp³-hybridized carbons (Fsp3) is 0.833. The number of hydrogen-bond donors (Lipinski definition) is 1. The second-order valence-corrected chi connectivity index (χ2v) is 4.33. The molecule has 0 saturated carbocycles. The Morgan fingerprint density at radius 2 is 2.19 bits per heavy atom. The summed E-state index contributed by atoms with van der Waals surface area (Å²) in [6.07, 6.45) is 3.71. The number of rotatable bonds is 6. The minimum Gasteiger partial charge on any atom is -0.356 e. The Hall–Kier alpha value is -1.06. The predicted molar refractivity (Wildman–Crippen MR) is 62.9 cm³/mol. The standard InChI is InChI=1S/C12H22N2O2/c1-3-5-6-7-13-12(16)10-8-11(15)14(4-2)9-10/h10H,3-9H2,1-2H3,(H,13,16). The monoisotopic (exact) mass is 226 g/mol. The zero-order chi connectivity index (χ0) is 12.0. The Morgan fingerprint density at radius 3 is 2.75 bits per heavy atom. The van der Waals surface area contributed by atoms with Gasteiger partial charge in [0.1, 0.15) is 0 Å². The number of unbranched alkanes of at least 4 members (excludes halogenated alkanes) is 2. The molecule has 0 aromatic heterocycles. The molecule has 1 atom stereocenters. The van der Waals surface area contributed by atoms with E-state index in [0.717, 1.165) is 25.8 Å². The summed E-state index contributed by atoms with van der Waals surface area (Å²) >= 11 is 0. The zero-order valence-electron chi connectivity index (χ0n) is 10.3. The van der Waals surface area contributed by atoms with Crippen LogP contribution < -0.4 is 5.32 Å². The van der Waals surface area contributed by atoms with Crippen molar-refractivity contribution in [1.82, 2.24) is 10.2 Å². The van der Waals surface area contributed by atoms with Crippen LogP contribution in [0.5, 0.6) is 0 Å². The smallest absolute Gasteiger partial charge is 0.225 e. The van der Waals surface area contributed by atoms with Crippen LogP contribution in [0.25, 0.3) is 0 Å². The molecule has 0 aliphatic carbocycles. The van der Waals surface area contributed by atoms with Crippen LogP contribution in [0.15, 0.2) is 0 Å². The molecule has 1 heterocycles. The molecule has 1 unspecified atom stereocenters. The lowest BCUT2D eigenvalue weighted by Crippen LogP contribution is -2.33. The maximum Gasteiger partial charge on any atom is 0.225 e. The fourth-order valence-corrected chi connectivity index (χ4v) is 1.98. The molecule has 16 heavy (non-hydrogen) atoms. The molecule has 0 aromatic rings. The van der Waals surface area contributed by atoms with Gasteiger partial charge in [0.05, 0.1) is 5.92 Å². The second kappa shape index (κ2) is 6.51. The van der Waals surface area contributed by atoms with Gasteiger partial charge in [0.2, 0.25) is 11.8 Å². The van der Waals surface area contributed by atoms with E-state index in [1.165, 1.54) is 0 Å². The molecule has 4 heteroatoms. The molecule has 0 spiro atoms. The van der Waals surface area contributed by atoms with Gasteiger partial charge < -0.3 is 10.2 Å². The van der Waals surface area contributed by atoms with Crippen molar-refractivity contribution in [2.24, 2.45) is 5.92 Å². The van der Waals surface area contributed by atoms with Crippen molar-refractivity contribution in [2.75, 3.05) is 19.6 Å². The van der Waals surface area contributed by atoms with Crippen LogP contribution in [0.1, 0.15) is 39.5 Å². The summed E-state index contributed by atoms with van der Waals surface area (Å²) in [5.74, 6) is 0.0192. The van der Waals surface area contributed by atoms with Crippen molar-refractivity contribution >= 4 is 11.8 Å². The number of likely N-dealkylation sites (tertiary alicyclic amines) is 1. The van der Waals surface area contributed by atoms with Crippen molar-refractivity contribution in [3.8, 4) is 0 Å². The topological polar surface area (TPSA) is 49.4 Å². The molecular formula is C12H22N2O2. The first-order chi connectivity index (χ1) is 7.69. The Balaban J connectivity index is 2.25. The molecule has 92 valence electrons. The van der Waals surface area contributed by atoms with E-state index in [0.29, 0.717) is 19.5 Å². The lowest BCUT2D eigenvalue weighted by Gasteiger charge is -2.13. The summed E-state index contributed by atoms with van der Waals surface area (Å²) in [5.41, 5.74) is 0. The Bertz CT molecular complexity index is 253. The maximum absolute atomic E-state index is 11.7. The molecule has 0 aromatic carbocycles. The van der Waals surface area contributed by atoms with Crippen molar-refractivity contribution in [2.45, 2.75) is 39.5 Å². The van der Waals surface area contributed by atoms with E-state index in [-0.39, 0.29) is 17.7 Å². The predicted octanol–water partition coefficient (Wildman–Crippen LogP) is 1.16. The van der Waals surface area contributed by atoms with E-state index in [1.807, 2.05) is 6.92 Å². The summed E-state index contributed by atoms with van der Waals surface area (Å²) in [6, 6.07) is 0. The van der Waals surface area contributed by atoms with Crippen molar-refractivity contribution in [3.63, 3.8) is 0 Å². The number of hydrogen-bond acceptors (Lipinski definition) is 2. The van der Waals surface area contributed by atoms with Gasteiger partial charge in [-0.3, -0.25) is 9.59 Å². The van der Waals surface area contributed by atoms with E-state index in [1.54, 1.807) is 4.90 Å². The molecule has 1 fully saturated rings. The summed E-state index contributed by atoms with van der Waals surface area (Å²) in [6.45, 7) is 6.12. The quantitative estimate of drug-likeness (QED) is 0.691. The number of nitrogens with zero attached hydrogens (tertiary/aromatic N) is 1. The molecule has 1 saturated heterocycles. The molecule has 2 amide bonds. The summed E-state index contributed by atoms with van der Waals surface area (Å²) in [7, 11) is 0. The van der Waals surface area contributed by atoms with E-state index in [4.69, 9.17) is 0 Å². The molecule has 1 aliphatic heterocycles. The lowest BCUT2D eigenvalue weighted by atomic mass is 10.1. The van der Waals surface area contributed by atoms with Crippen LogP contribution in [-0.2, 0) is 9.59 Å². The average molecular weight is 226 g/mol. The largest absolute Gasteiger partial charge is 0.356 e. The molecule has 4 nitrogen and oxygen atoms in total. The van der Waals surface area contributed by atoms with Gasteiger partial charge in [-0.25, -0.2) is 0 Å². The summed E-state index contributed by atoms with van der Waals surface area (Å²) in [4.78, 5) is 24.9. The molecular weight excluding hydrogens is 204 g/mol. The highest BCUT2D eigenvalue weighted by Crippen LogP contribution is 2.17. The van der Waals surface area contributed by atoms with Crippen molar-refractivity contribution in [1.29, 1.82) is 0 Å². The molecule has 1 N–H and O–H groups in total. The normalized spacial score (nSPS) is 20.2. The van der Waals surface area contributed by atoms with Gasteiger partial charge in [0, 0.05) is 26.1 Å². The van der Waals surface area contributed by atoms with E-state index >= 15 is 0 Å². The van der Waals surface area contributed by atoms with Gasteiger partial charge in [-0.2, -0.15) is 0 Å². The van der Waals surface area contributed by atoms with Crippen LogP contribution in [-0.4, -0.2) is 36.3 Å². The van der Waals surface area contributed by atoms with Gasteiger partial charge in [-0.1, -0.05) is 19.8 Å². The highest BCUT2D eigenvalue weighted by atomic mass is 16.2. The van der Waals surface area contributed by atoms with Gasteiger partial charge in [-0.05, 0) is 13.3 Å². The average Bonchev–Trinajstić information content (AvgIpc) is 2.66. The summed E-state index contributed by atoms with van der Waals surface area (Å²) < 4.78 is 0. The second-order valence-electron chi connectivity index (χ2n) is 4.33. The molecule has 1 rings (SSSR count). The number of carbonyl (C=O) groups is 2. The highest BCUT2D eigenvalue weighted by Gasteiger charge is 2.32. The van der Waals surface area contributed by atoms with E-state index < -0.39 is 0 Å². The van der Waals surface area contributed by atoms with Crippen LogP contribution in [0, 0.1) is 5.92 Å². The minimum absolute atomic E-state index is 0.0420. The Morgan fingerprint density at radius 1 is 1.44 bits per heavy atom. The maximum atomic E-state index is 11.7. The number of amides is 2. The molecule has 1 aliphatic rings.